The number of nitrogens with zero attached hydrogens (tertiary/aromatic N) is 5. The predicted octanol–water partition coefficient (Wildman–Crippen LogP) is 5.50. The van der Waals surface area contributed by atoms with E-state index in [-0.39, 0.29) is 11.4 Å². The minimum absolute atomic E-state index is 0.168. The number of H-pyrrole nitrogens is 2. The monoisotopic (exact) mass is 550 g/mol. The molecule has 9 nitrogen and oxygen atoms in total. The fraction of sp³-hybridized carbons (Fsp3) is 0.231. The summed E-state index contributed by atoms with van der Waals surface area (Å²) in [6.45, 7) is 3.14. The SMILES string of the molecule is COc1cnc(-c2cc(Cl)ccc2F)nc1Nc1cn[nH]c1-c1nc2ccc(CN3CCSCC3)cc2[nH]1. The van der Waals surface area contributed by atoms with Gasteiger partial charge in [-0.1, -0.05) is 17.7 Å². The molecule has 0 spiro atoms. The average Bonchev–Trinajstić information content (AvgIpc) is 3.57. The topological polar surface area (TPSA) is 108 Å². The second-order valence-electron chi connectivity index (χ2n) is 8.84. The van der Waals surface area contributed by atoms with Crippen molar-refractivity contribution in [2.24, 2.45) is 0 Å². The third-order valence-corrected chi connectivity index (χ3v) is 7.51. The number of hydrogen-bond donors (Lipinski definition) is 3. The molecule has 6 rings (SSSR count). The van der Waals surface area contributed by atoms with E-state index in [0.717, 1.165) is 30.7 Å². The largest absolute Gasteiger partial charge is 0.491 e. The first-order valence-electron chi connectivity index (χ1n) is 12.0. The summed E-state index contributed by atoms with van der Waals surface area (Å²) >= 11 is 8.08. The van der Waals surface area contributed by atoms with E-state index in [0.29, 0.717) is 33.8 Å². The van der Waals surface area contributed by atoms with Crippen LogP contribution in [0.5, 0.6) is 5.75 Å². The van der Waals surface area contributed by atoms with Crippen molar-refractivity contribution in [2.75, 3.05) is 37.0 Å². The van der Waals surface area contributed by atoms with Crippen molar-refractivity contribution in [3.05, 3.63) is 65.2 Å². The Morgan fingerprint density at radius 2 is 2.00 bits per heavy atom. The molecule has 0 unspecified atom stereocenters. The van der Waals surface area contributed by atoms with Crippen LogP contribution in [0, 0.1) is 5.82 Å². The van der Waals surface area contributed by atoms with Crippen LogP contribution in [0.25, 0.3) is 33.9 Å². The molecule has 0 amide bonds. The number of nitrogens with one attached hydrogen (secondary N) is 3. The van der Waals surface area contributed by atoms with Crippen LogP contribution in [0.1, 0.15) is 5.56 Å². The molecular weight excluding hydrogens is 527 g/mol. The molecule has 0 radical (unpaired) electrons. The number of imidazole rings is 1. The van der Waals surface area contributed by atoms with Crippen molar-refractivity contribution in [2.45, 2.75) is 6.54 Å². The molecule has 5 aromatic rings. The molecule has 0 atom stereocenters. The summed E-state index contributed by atoms with van der Waals surface area (Å²) in [6, 6.07) is 10.6. The molecule has 194 valence electrons. The highest BCUT2D eigenvalue weighted by Crippen LogP contribution is 2.33. The van der Waals surface area contributed by atoms with Gasteiger partial charge in [-0.15, -0.1) is 0 Å². The van der Waals surface area contributed by atoms with Crippen LogP contribution in [0.4, 0.5) is 15.9 Å². The predicted molar refractivity (Wildman–Crippen MR) is 149 cm³/mol. The molecule has 1 saturated heterocycles. The van der Waals surface area contributed by atoms with Gasteiger partial charge in [-0.2, -0.15) is 16.9 Å². The Labute approximate surface area is 227 Å². The molecule has 0 saturated carbocycles. The number of rotatable bonds is 7. The Hall–Kier alpha value is -3.67. The van der Waals surface area contributed by atoms with Gasteiger partial charge in [-0.25, -0.2) is 19.3 Å². The molecule has 12 heteroatoms. The van der Waals surface area contributed by atoms with Crippen molar-refractivity contribution >= 4 is 45.9 Å². The van der Waals surface area contributed by atoms with Crippen LogP contribution in [-0.2, 0) is 6.54 Å². The number of thioether (sulfide) groups is 1. The molecule has 3 aromatic heterocycles. The van der Waals surface area contributed by atoms with Gasteiger partial charge in [0, 0.05) is 36.2 Å². The van der Waals surface area contributed by atoms with Crippen LogP contribution in [0.15, 0.2) is 48.8 Å². The van der Waals surface area contributed by atoms with E-state index in [2.05, 4.69) is 47.5 Å². The number of fused-ring (bicyclic) bond motifs is 1. The molecule has 38 heavy (non-hydrogen) atoms. The minimum Gasteiger partial charge on any atom is -0.491 e. The summed E-state index contributed by atoms with van der Waals surface area (Å²) in [4.78, 5) is 19.4. The van der Waals surface area contributed by atoms with E-state index < -0.39 is 5.82 Å². The Kier molecular flexibility index (Phi) is 6.88. The standard InChI is InChI=1S/C26H24ClFN8OS/c1-37-22-13-29-24(17-11-16(27)3-4-18(17)28)34-25(22)33-21-12-30-35-23(21)26-31-19-5-2-15(10-20(19)32-26)14-36-6-8-38-9-7-36/h2-5,10-13H,6-9,14H2,1H3,(H,30,35)(H,31,32)(H,29,33,34). The Morgan fingerprint density at radius 3 is 2.84 bits per heavy atom. The van der Waals surface area contributed by atoms with Gasteiger partial charge in [0.25, 0.3) is 0 Å². The third-order valence-electron chi connectivity index (χ3n) is 6.33. The van der Waals surface area contributed by atoms with E-state index in [1.165, 1.54) is 48.6 Å². The number of ether oxygens (including phenoxy) is 1. The van der Waals surface area contributed by atoms with Crippen LogP contribution in [0.2, 0.25) is 5.02 Å². The molecule has 3 N–H and O–H groups in total. The van der Waals surface area contributed by atoms with Gasteiger partial charge in [-0.3, -0.25) is 10.00 Å². The molecule has 0 aliphatic carbocycles. The highest BCUT2D eigenvalue weighted by Gasteiger charge is 2.18. The first kappa shape index (κ1) is 24.7. The average molecular weight is 551 g/mol. The second-order valence-corrected chi connectivity index (χ2v) is 10.5. The lowest BCUT2D eigenvalue weighted by Gasteiger charge is -2.26. The molecule has 2 aromatic carbocycles. The highest BCUT2D eigenvalue weighted by molar-refractivity contribution is 7.99. The Balaban J connectivity index is 1.29. The summed E-state index contributed by atoms with van der Waals surface area (Å²) < 4.78 is 19.9. The lowest BCUT2D eigenvalue weighted by Crippen LogP contribution is -2.31. The van der Waals surface area contributed by atoms with Crippen molar-refractivity contribution in [3.8, 4) is 28.7 Å². The van der Waals surface area contributed by atoms with E-state index in [1.807, 2.05) is 17.8 Å². The summed E-state index contributed by atoms with van der Waals surface area (Å²) in [5, 5.41) is 10.8. The maximum Gasteiger partial charge on any atom is 0.179 e. The van der Waals surface area contributed by atoms with Crippen LogP contribution < -0.4 is 10.1 Å². The quantitative estimate of drug-likeness (QED) is 0.244. The molecule has 0 bridgehead atoms. The fourth-order valence-corrected chi connectivity index (χ4v) is 5.54. The molecule has 4 heterocycles. The number of hydrogen-bond acceptors (Lipinski definition) is 8. The fourth-order valence-electron chi connectivity index (χ4n) is 4.39. The number of aromatic amines is 2. The minimum atomic E-state index is -0.477. The van der Waals surface area contributed by atoms with Crippen molar-refractivity contribution in [1.29, 1.82) is 0 Å². The normalized spacial score (nSPS) is 14.2. The van der Waals surface area contributed by atoms with E-state index in [1.54, 1.807) is 6.20 Å². The van der Waals surface area contributed by atoms with Crippen LogP contribution in [0.3, 0.4) is 0 Å². The van der Waals surface area contributed by atoms with Gasteiger partial charge in [-0.05, 0) is 35.9 Å². The molecule has 1 aliphatic heterocycles. The zero-order chi connectivity index (χ0) is 26.1. The van der Waals surface area contributed by atoms with E-state index in [4.69, 9.17) is 21.3 Å². The number of halogens is 2. The van der Waals surface area contributed by atoms with Gasteiger partial charge >= 0.3 is 0 Å². The van der Waals surface area contributed by atoms with Gasteiger partial charge in [0.2, 0.25) is 0 Å². The zero-order valence-corrected chi connectivity index (χ0v) is 22.0. The number of aromatic nitrogens is 6. The summed E-state index contributed by atoms with van der Waals surface area (Å²) in [7, 11) is 1.51. The first-order valence-corrected chi connectivity index (χ1v) is 13.6. The molecule has 1 fully saturated rings. The number of benzene rings is 2. The van der Waals surface area contributed by atoms with Crippen LogP contribution in [-0.4, -0.2) is 66.7 Å². The Morgan fingerprint density at radius 1 is 1.13 bits per heavy atom. The van der Waals surface area contributed by atoms with Crippen molar-refractivity contribution in [3.63, 3.8) is 0 Å². The third kappa shape index (κ3) is 5.04. The number of methoxy groups -OCH3 is 1. The molecular formula is C26H24ClFN8OS. The second kappa shape index (κ2) is 10.6. The van der Waals surface area contributed by atoms with Gasteiger partial charge in [0.05, 0.1) is 41.8 Å². The van der Waals surface area contributed by atoms with Crippen molar-refractivity contribution < 1.29 is 9.13 Å². The smallest absolute Gasteiger partial charge is 0.179 e. The molecule has 1 aliphatic rings. The van der Waals surface area contributed by atoms with E-state index >= 15 is 0 Å². The highest BCUT2D eigenvalue weighted by atomic mass is 35.5. The Bertz CT molecular complexity index is 1600. The first-order chi connectivity index (χ1) is 18.6. The van der Waals surface area contributed by atoms with E-state index in [9.17, 15) is 4.39 Å². The lowest BCUT2D eigenvalue weighted by molar-refractivity contribution is 0.295. The maximum atomic E-state index is 14.5. The maximum absolute atomic E-state index is 14.5. The summed E-state index contributed by atoms with van der Waals surface area (Å²) in [5.41, 5.74) is 4.50. The van der Waals surface area contributed by atoms with Crippen molar-refractivity contribution in [1.82, 2.24) is 35.0 Å². The summed E-state index contributed by atoms with van der Waals surface area (Å²) in [6.07, 6.45) is 3.11. The lowest BCUT2D eigenvalue weighted by atomic mass is 10.2. The van der Waals surface area contributed by atoms with Crippen LogP contribution >= 0.6 is 23.4 Å². The van der Waals surface area contributed by atoms with Gasteiger partial charge < -0.3 is 15.0 Å². The summed E-state index contributed by atoms with van der Waals surface area (Å²) in [5.74, 6) is 3.40. The van der Waals surface area contributed by atoms with Gasteiger partial charge in [0.15, 0.2) is 23.2 Å². The van der Waals surface area contributed by atoms with Gasteiger partial charge in [0.1, 0.15) is 11.5 Å². The number of anilines is 2. The zero-order valence-electron chi connectivity index (χ0n) is 20.5.